The van der Waals surface area contributed by atoms with E-state index in [1.165, 1.54) is 49.9 Å². The number of hydrogen-bond donors (Lipinski definition) is 1. The molecule has 5 aliphatic rings. The van der Waals surface area contributed by atoms with Crippen LogP contribution in [0, 0.1) is 16.7 Å². The van der Waals surface area contributed by atoms with E-state index in [0.29, 0.717) is 17.8 Å². The first-order valence-electron chi connectivity index (χ1n) is 17.7. The summed E-state index contributed by atoms with van der Waals surface area (Å²) in [6, 6.07) is 20.1. The van der Waals surface area contributed by atoms with Crippen molar-refractivity contribution in [2.24, 2.45) is 16.7 Å². The zero-order chi connectivity index (χ0) is 32.2. The van der Waals surface area contributed by atoms with Gasteiger partial charge in [-0.25, -0.2) is 9.36 Å². The number of H-pyrrole nitrogens is 1. The second-order valence-corrected chi connectivity index (χ2v) is 16.6. The second kappa shape index (κ2) is 9.98. The van der Waals surface area contributed by atoms with Gasteiger partial charge in [-0.1, -0.05) is 90.8 Å². The van der Waals surface area contributed by atoms with Gasteiger partial charge in [0, 0.05) is 34.2 Å². The van der Waals surface area contributed by atoms with Crippen molar-refractivity contribution < 1.29 is 0 Å². The maximum absolute atomic E-state index is 13.6. The van der Waals surface area contributed by atoms with Gasteiger partial charge in [-0.3, -0.25) is 19.4 Å². The van der Waals surface area contributed by atoms with E-state index in [0.717, 1.165) is 41.9 Å². The molecule has 6 nitrogen and oxygen atoms in total. The minimum absolute atomic E-state index is 0.103. The zero-order valence-electron chi connectivity index (χ0n) is 28.5. The lowest BCUT2D eigenvalue weighted by atomic mass is 9.70. The van der Waals surface area contributed by atoms with Gasteiger partial charge in [0.1, 0.15) is 0 Å². The standard InChI is InChI=1S/C23H30N2O.C17H20N2O/c1-22(2)18-13-14-23(22,3)20-19(18)21(26)25(17-11-5-4-6-12-17)24(20)15-16-9-7-8-10-16;1-16(2)12-9-10-17(16,3)14-13(12)15(20)19(18-14)11-7-5-4-6-8-11/h4-6,11-12,16,18H,7-10,13-15H2,1-3H3;4-8,12,18H,9-10H2,1-3H3/t18-,23+;12-,17+/m11/s1. The Labute approximate surface area is 272 Å². The number of benzene rings is 2. The van der Waals surface area contributed by atoms with Gasteiger partial charge in [0.25, 0.3) is 11.1 Å². The average Bonchev–Trinajstić information content (AvgIpc) is 3.87. The molecular formula is C40H50N4O2. The van der Waals surface area contributed by atoms with E-state index in [1.54, 1.807) is 4.68 Å². The number of rotatable bonds is 4. The molecule has 0 amide bonds. The lowest BCUT2D eigenvalue weighted by Gasteiger charge is -2.37. The molecule has 1 N–H and O–H groups in total. The van der Waals surface area contributed by atoms with Gasteiger partial charge in [-0.15, -0.1) is 0 Å². The largest absolute Gasteiger partial charge is 0.294 e. The van der Waals surface area contributed by atoms with Crippen LogP contribution in [0.25, 0.3) is 11.4 Å². The summed E-state index contributed by atoms with van der Waals surface area (Å²) in [6.45, 7) is 15.1. The predicted molar refractivity (Wildman–Crippen MR) is 185 cm³/mol. The third kappa shape index (κ3) is 3.76. The highest BCUT2D eigenvalue weighted by Gasteiger charge is 2.63. The Hall–Kier alpha value is -3.54. The van der Waals surface area contributed by atoms with Gasteiger partial charge in [0.2, 0.25) is 0 Å². The molecule has 9 rings (SSSR count). The van der Waals surface area contributed by atoms with Crippen LogP contribution in [0.1, 0.15) is 127 Å². The van der Waals surface area contributed by atoms with Crippen LogP contribution in [0.2, 0.25) is 0 Å². The Morgan fingerprint density at radius 2 is 1.22 bits per heavy atom. The first-order chi connectivity index (χ1) is 21.9. The minimum atomic E-state index is 0.103. The Morgan fingerprint density at radius 1 is 0.674 bits per heavy atom. The van der Waals surface area contributed by atoms with Crippen LogP contribution in [0.5, 0.6) is 0 Å². The van der Waals surface area contributed by atoms with Crippen molar-refractivity contribution in [3.63, 3.8) is 0 Å². The van der Waals surface area contributed by atoms with E-state index in [2.05, 4.69) is 63.5 Å². The molecule has 5 aliphatic carbocycles. The minimum Gasteiger partial charge on any atom is -0.294 e. The van der Waals surface area contributed by atoms with Crippen LogP contribution in [-0.2, 0) is 17.4 Å². The van der Waals surface area contributed by atoms with Gasteiger partial charge in [0.15, 0.2) is 0 Å². The van der Waals surface area contributed by atoms with Crippen molar-refractivity contribution in [2.45, 2.75) is 122 Å². The Morgan fingerprint density at radius 3 is 1.83 bits per heavy atom. The fraction of sp³-hybridized carbons (Fsp3) is 0.550. The lowest BCUT2D eigenvalue weighted by Crippen LogP contribution is -2.36. The lowest BCUT2D eigenvalue weighted by molar-refractivity contribution is 0.211. The first kappa shape index (κ1) is 29.8. The molecule has 2 aromatic carbocycles. The molecule has 46 heavy (non-hydrogen) atoms. The van der Waals surface area contributed by atoms with Crippen LogP contribution in [0.4, 0.5) is 0 Å². The maximum Gasteiger partial charge on any atom is 0.275 e. The van der Waals surface area contributed by atoms with Gasteiger partial charge in [-0.05, 0) is 91.4 Å². The van der Waals surface area contributed by atoms with Crippen molar-refractivity contribution in [3.8, 4) is 11.4 Å². The van der Waals surface area contributed by atoms with Crippen LogP contribution in [0.15, 0.2) is 70.3 Å². The predicted octanol–water partition coefficient (Wildman–Crippen LogP) is 8.34. The summed E-state index contributed by atoms with van der Waals surface area (Å²) in [5.41, 5.74) is 7.62. The quantitative estimate of drug-likeness (QED) is 0.250. The molecular weight excluding hydrogens is 568 g/mol. The molecule has 2 aromatic heterocycles. The van der Waals surface area contributed by atoms with E-state index in [1.807, 2.05) is 53.2 Å². The van der Waals surface area contributed by atoms with Crippen LogP contribution in [0.3, 0.4) is 0 Å². The topological polar surface area (TPSA) is 64.7 Å². The van der Waals surface area contributed by atoms with Gasteiger partial charge >= 0.3 is 0 Å². The normalized spacial score (nSPS) is 29.5. The molecule has 4 atom stereocenters. The maximum atomic E-state index is 13.6. The monoisotopic (exact) mass is 618 g/mol. The highest BCUT2D eigenvalue weighted by molar-refractivity contribution is 5.48. The highest BCUT2D eigenvalue weighted by atomic mass is 16.1. The summed E-state index contributed by atoms with van der Waals surface area (Å²) in [5, 5.41) is 3.41. The molecule has 0 radical (unpaired) electrons. The molecule has 4 aromatic rings. The molecule has 4 bridgehead atoms. The number of nitrogens with one attached hydrogen (secondary N) is 1. The van der Waals surface area contributed by atoms with Crippen molar-refractivity contribution >= 4 is 0 Å². The molecule has 0 saturated heterocycles. The number of hydrogen-bond acceptors (Lipinski definition) is 2. The summed E-state index contributed by atoms with van der Waals surface area (Å²) in [5.74, 6) is 1.53. The fourth-order valence-electron chi connectivity index (χ4n) is 10.7. The molecule has 3 saturated carbocycles. The van der Waals surface area contributed by atoms with Gasteiger partial charge < -0.3 is 0 Å². The Bertz CT molecular complexity index is 1920. The van der Waals surface area contributed by atoms with E-state index in [9.17, 15) is 9.59 Å². The van der Waals surface area contributed by atoms with E-state index >= 15 is 0 Å². The van der Waals surface area contributed by atoms with Crippen LogP contribution in [-0.4, -0.2) is 19.1 Å². The van der Waals surface area contributed by atoms with E-state index in [-0.39, 0.29) is 32.8 Å². The summed E-state index contributed by atoms with van der Waals surface area (Å²) in [7, 11) is 0. The number of para-hydroxylation sites is 2. The molecule has 242 valence electrons. The third-order valence-electron chi connectivity index (χ3n) is 14.2. The fourth-order valence-corrected chi connectivity index (χ4v) is 10.7. The van der Waals surface area contributed by atoms with Crippen LogP contribution < -0.4 is 11.1 Å². The summed E-state index contributed by atoms with van der Waals surface area (Å²) < 4.78 is 6.13. The molecule has 0 aliphatic heterocycles. The van der Waals surface area contributed by atoms with Gasteiger partial charge in [0.05, 0.1) is 17.1 Å². The van der Waals surface area contributed by atoms with E-state index < -0.39 is 0 Å². The van der Waals surface area contributed by atoms with Gasteiger partial charge in [-0.2, -0.15) is 0 Å². The van der Waals surface area contributed by atoms with E-state index in [4.69, 9.17) is 0 Å². The summed E-state index contributed by atoms with van der Waals surface area (Å²) in [4.78, 5) is 26.4. The number of nitrogens with zero attached hydrogens (tertiary/aromatic N) is 3. The zero-order valence-corrected chi connectivity index (χ0v) is 28.5. The third-order valence-corrected chi connectivity index (χ3v) is 14.2. The first-order valence-corrected chi connectivity index (χ1v) is 17.7. The molecule has 0 spiro atoms. The van der Waals surface area contributed by atoms with Crippen LogP contribution >= 0.6 is 0 Å². The van der Waals surface area contributed by atoms with Crippen molar-refractivity contribution in [3.05, 3.63) is 104 Å². The Kier molecular flexibility index (Phi) is 6.47. The smallest absolute Gasteiger partial charge is 0.275 e. The average molecular weight is 619 g/mol. The molecule has 6 heteroatoms. The number of aromatic amines is 1. The molecule has 3 fully saturated rings. The molecule has 2 heterocycles. The highest BCUT2D eigenvalue weighted by Crippen LogP contribution is 2.68. The van der Waals surface area contributed by atoms with Crippen molar-refractivity contribution in [1.29, 1.82) is 0 Å². The summed E-state index contributed by atoms with van der Waals surface area (Å²) in [6.07, 6.45) is 9.97. The molecule has 0 unspecified atom stereocenters. The van der Waals surface area contributed by atoms with Crippen molar-refractivity contribution in [1.82, 2.24) is 19.1 Å². The number of aromatic nitrogens is 4. The second-order valence-electron chi connectivity index (χ2n) is 16.6. The van der Waals surface area contributed by atoms with Crippen molar-refractivity contribution in [2.75, 3.05) is 0 Å². The Balaban J connectivity index is 0.000000140. The summed E-state index contributed by atoms with van der Waals surface area (Å²) >= 11 is 0. The SMILES string of the molecule is CC1(C)[C@@H]2CC[C@@]1(C)c1[nH]n(-c3ccccc3)c(=O)c12.CC1(C)[C@@H]2CC[C@@]1(C)c1c2c(=O)n(-c2ccccc2)n1CC1CCCC1. The number of fused-ring (bicyclic) bond motifs is 10.